The average molecular weight is 280 g/mol. The molecule has 1 amide bonds. The maximum atomic E-state index is 13.8. The molecule has 0 aromatic heterocycles. The van der Waals surface area contributed by atoms with Crippen molar-refractivity contribution in [2.75, 3.05) is 36.0 Å². The fourth-order valence-electron chi connectivity index (χ4n) is 2.80. The van der Waals surface area contributed by atoms with Crippen LogP contribution in [0, 0.1) is 5.82 Å². The van der Waals surface area contributed by atoms with Gasteiger partial charge in [0.05, 0.1) is 11.7 Å². The van der Waals surface area contributed by atoms with E-state index in [4.69, 9.17) is 0 Å². The number of rotatable bonds is 2. The van der Waals surface area contributed by atoms with Gasteiger partial charge in [-0.05, 0) is 18.6 Å². The van der Waals surface area contributed by atoms with Crippen molar-refractivity contribution >= 4 is 23.4 Å². The van der Waals surface area contributed by atoms with E-state index in [0.29, 0.717) is 12.2 Å². The Morgan fingerprint density at radius 3 is 2.63 bits per heavy atom. The number of carbonyl (C=O) groups is 1. The van der Waals surface area contributed by atoms with Crippen LogP contribution in [0.2, 0.25) is 0 Å². The van der Waals surface area contributed by atoms with Gasteiger partial charge < -0.3 is 4.90 Å². The van der Waals surface area contributed by atoms with Crippen LogP contribution in [0.15, 0.2) is 24.3 Å². The summed E-state index contributed by atoms with van der Waals surface area (Å²) in [7, 11) is 0. The number of halogens is 1. The van der Waals surface area contributed by atoms with Gasteiger partial charge in [0.25, 0.3) is 0 Å². The van der Waals surface area contributed by atoms with Gasteiger partial charge in [-0.15, -0.1) is 0 Å². The predicted octanol–water partition coefficient (Wildman–Crippen LogP) is 1.98. The summed E-state index contributed by atoms with van der Waals surface area (Å²) in [6.45, 7) is 2.55. The molecule has 2 heterocycles. The lowest BCUT2D eigenvalue weighted by molar-refractivity contribution is -0.121. The van der Waals surface area contributed by atoms with Gasteiger partial charge in [-0.3, -0.25) is 9.69 Å². The fourth-order valence-corrected chi connectivity index (χ4v) is 3.73. The molecule has 0 aliphatic carbocycles. The Morgan fingerprint density at radius 2 is 1.89 bits per heavy atom. The fraction of sp³-hybridized carbons (Fsp3) is 0.500. The van der Waals surface area contributed by atoms with Gasteiger partial charge in [0, 0.05) is 31.1 Å². The third-order valence-electron chi connectivity index (χ3n) is 3.81. The van der Waals surface area contributed by atoms with E-state index in [1.165, 1.54) is 6.07 Å². The third-order valence-corrected chi connectivity index (χ3v) is 4.75. The van der Waals surface area contributed by atoms with Crippen LogP contribution in [-0.4, -0.2) is 48.0 Å². The van der Waals surface area contributed by atoms with Crippen LogP contribution in [-0.2, 0) is 4.79 Å². The monoisotopic (exact) mass is 280 g/mol. The van der Waals surface area contributed by atoms with E-state index >= 15 is 0 Å². The summed E-state index contributed by atoms with van der Waals surface area (Å²) >= 11 is 1.93. The van der Waals surface area contributed by atoms with Crippen LogP contribution in [0.3, 0.4) is 0 Å². The predicted molar refractivity (Wildman–Crippen MR) is 76.1 cm³/mol. The molecule has 1 atom stereocenters. The van der Waals surface area contributed by atoms with Crippen molar-refractivity contribution in [3.8, 4) is 0 Å². The molecule has 2 saturated heterocycles. The Morgan fingerprint density at radius 1 is 1.16 bits per heavy atom. The highest BCUT2D eigenvalue weighted by molar-refractivity contribution is 7.99. The molecule has 0 radical (unpaired) electrons. The molecule has 1 aromatic carbocycles. The first kappa shape index (κ1) is 12.9. The maximum Gasteiger partial charge on any atom is 0.244 e. The smallest absolute Gasteiger partial charge is 0.244 e. The van der Waals surface area contributed by atoms with Crippen molar-refractivity contribution < 1.29 is 9.18 Å². The van der Waals surface area contributed by atoms with E-state index in [0.717, 1.165) is 31.0 Å². The summed E-state index contributed by atoms with van der Waals surface area (Å²) in [5, 5.41) is 0. The molecule has 1 aromatic rings. The summed E-state index contributed by atoms with van der Waals surface area (Å²) in [5.41, 5.74) is 0.418. The standard InChI is InChI=1S/C14H17FN2OS/c15-11-3-1-2-4-12(11)17-6-5-13(14(17)18)16-7-9-19-10-8-16/h1-4,13H,5-10H2. The number of para-hydroxylation sites is 1. The van der Waals surface area contributed by atoms with Gasteiger partial charge in [-0.25, -0.2) is 4.39 Å². The number of amides is 1. The molecule has 0 bridgehead atoms. The highest BCUT2D eigenvalue weighted by atomic mass is 32.2. The number of carbonyl (C=O) groups excluding carboxylic acids is 1. The van der Waals surface area contributed by atoms with Crippen molar-refractivity contribution in [1.82, 2.24) is 4.90 Å². The topological polar surface area (TPSA) is 23.6 Å². The lowest BCUT2D eigenvalue weighted by Crippen LogP contribution is -2.45. The molecule has 5 heteroatoms. The molecule has 2 fully saturated rings. The third kappa shape index (κ3) is 2.49. The molecule has 3 nitrogen and oxygen atoms in total. The normalized spacial score (nSPS) is 25.0. The highest BCUT2D eigenvalue weighted by Crippen LogP contribution is 2.27. The number of thioether (sulfide) groups is 1. The number of hydrogen-bond donors (Lipinski definition) is 0. The van der Waals surface area contributed by atoms with Gasteiger partial charge in [-0.1, -0.05) is 12.1 Å². The molecule has 0 N–H and O–H groups in total. The molecule has 1 unspecified atom stereocenters. The van der Waals surface area contributed by atoms with Gasteiger partial charge in [0.2, 0.25) is 5.91 Å². The van der Waals surface area contributed by atoms with E-state index in [9.17, 15) is 9.18 Å². The van der Waals surface area contributed by atoms with Gasteiger partial charge in [-0.2, -0.15) is 11.8 Å². The lowest BCUT2D eigenvalue weighted by Gasteiger charge is -2.30. The molecular formula is C14H17FN2OS. The molecule has 0 saturated carbocycles. The number of anilines is 1. The van der Waals surface area contributed by atoms with Crippen molar-refractivity contribution in [3.63, 3.8) is 0 Å². The quantitative estimate of drug-likeness (QED) is 0.827. The Hall–Kier alpha value is -1.07. The summed E-state index contributed by atoms with van der Waals surface area (Å²) < 4.78 is 13.8. The summed E-state index contributed by atoms with van der Waals surface area (Å²) in [6, 6.07) is 6.46. The van der Waals surface area contributed by atoms with E-state index in [-0.39, 0.29) is 17.8 Å². The Labute approximate surface area is 116 Å². The average Bonchev–Trinajstić information content (AvgIpc) is 2.82. The Bertz CT molecular complexity index is 476. The van der Waals surface area contributed by atoms with Crippen LogP contribution in [0.1, 0.15) is 6.42 Å². The first-order valence-electron chi connectivity index (χ1n) is 6.65. The van der Waals surface area contributed by atoms with E-state index < -0.39 is 0 Å². The zero-order valence-electron chi connectivity index (χ0n) is 10.7. The molecule has 2 aliphatic heterocycles. The minimum absolute atomic E-state index is 0.0528. The Kier molecular flexibility index (Phi) is 3.75. The summed E-state index contributed by atoms with van der Waals surface area (Å²) in [6.07, 6.45) is 0.803. The second-order valence-electron chi connectivity index (χ2n) is 4.89. The summed E-state index contributed by atoms with van der Waals surface area (Å²) in [4.78, 5) is 16.3. The number of hydrogen-bond acceptors (Lipinski definition) is 3. The SMILES string of the molecule is O=C1C(N2CCSCC2)CCN1c1ccccc1F. The first-order chi connectivity index (χ1) is 9.27. The molecule has 2 aliphatic rings. The second-order valence-corrected chi connectivity index (χ2v) is 6.12. The van der Waals surface area contributed by atoms with Crippen LogP contribution < -0.4 is 4.90 Å². The van der Waals surface area contributed by atoms with Crippen molar-refractivity contribution in [3.05, 3.63) is 30.1 Å². The van der Waals surface area contributed by atoms with Crippen LogP contribution >= 0.6 is 11.8 Å². The van der Waals surface area contributed by atoms with Gasteiger partial charge in [0.1, 0.15) is 5.82 Å². The van der Waals surface area contributed by atoms with Crippen LogP contribution in [0.25, 0.3) is 0 Å². The van der Waals surface area contributed by atoms with E-state index in [2.05, 4.69) is 4.90 Å². The highest BCUT2D eigenvalue weighted by Gasteiger charge is 2.37. The Balaban J connectivity index is 1.76. The molecular weight excluding hydrogens is 263 g/mol. The van der Waals surface area contributed by atoms with Crippen LogP contribution in [0.5, 0.6) is 0 Å². The number of benzene rings is 1. The molecule has 3 rings (SSSR count). The van der Waals surface area contributed by atoms with Gasteiger partial charge >= 0.3 is 0 Å². The second kappa shape index (κ2) is 5.51. The minimum Gasteiger partial charge on any atom is -0.308 e. The molecule has 0 spiro atoms. The minimum atomic E-state index is -0.314. The zero-order valence-corrected chi connectivity index (χ0v) is 11.5. The van der Waals surface area contributed by atoms with Gasteiger partial charge in [0.15, 0.2) is 0 Å². The van der Waals surface area contributed by atoms with Crippen molar-refractivity contribution in [2.24, 2.45) is 0 Å². The van der Waals surface area contributed by atoms with Crippen molar-refractivity contribution in [2.45, 2.75) is 12.5 Å². The van der Waals surface area contributed by atoms with E-state index in [1.54, 1.807) is 23.1 Å². The van der Waals surface area contributed by atoms with Crippen molar-refractivity contribution in [1.29, 1.82) is 0 Å². The first-order valence-corrected chi connectivity index (χ1v) is 7.80. The molecule has 102 valence electrons. The van der Waals surface area contributed by atoms with Crippen LogP contribution in [0.4, 0.5) is 10.1 Å². The zero-order chi connectivity index (χ0) is 13.2. The lowest BCUT2D eigenvalue weighted by atomic mass is 10.2. The largest absolute Gasteiger partial charge is 0.308 e. The van der Waals surface area contributed by atoms with E-state index in [1.807, 2.05) is 11.8 Å². The summed E-state index contributed by atoms with van der Waals surface area (Å²) in [5.74, 6) is 1.91. The number of nitrogens with zero attached hydrogens (tertiary/aromatic N) is 2. The molecule has 19 heavy (non-hydrogen) atoms. The maximum absolute atomic E-state index is 13.8.